The summed E-state index contributed by atoms with van der Waals surface area (Å²) in [5.74, 6) is 1.89. The standard InChI is InChI=1S/C22H20N4S/c1-15-24-21(26-12-6-10-19(26)17-9-5-11-23-13-17)20-18(14-27-22(20)25-15)16-7-3-2-4-8-16/h2-5,7-9,11,13-14,19H,6,10,12H2,1H3. The molecule has 5 heteroatoms. The van der Waals surface area contributed by atoms with Crippen molar-refractivity contribution in [3.05, 3.63) is 71.6 Å². The molecule has 1 unspecified atom stereocenters. The van der Waals surface area contributed by atoms with E-state index in [1.165, 1.54) is 22.1 Å². The summed E-state index contributed by atoms with van der Waals surface area (Å²) >= 11 is 1.70. The molecule has 1 aliphatic rings. The van der Waals surface area contributed by atoms with Crippen molar-refractivity contribution in [2.45, 2.75) is 25.8 Å². The first-order valence-electron chi connectivity index (χ1n) is 9.29. The second-order valence-electron chi connectivity index (χ2n) is 6.93. The van der Waals surface area contributed by atoms with Crippen LogP contribution in [0.25, 0.3) is 21.3 Å². The van der Waals surface area contributed by atoms with Gasteiger partial charge in [-0.25, -0.2) is 9.97 Å². The Hall–Kier alpha value is -2.79. The summed E-state index contributed by atoms with van der Waals surface area (Å²) in [7, 11) is 0. The molecule has 5 rings (SSSR count). The number of anilines is 1. The van der Waals surface area contributed by atoms with E-state index in [9.17, 15) is 0 Å². The van der Waals surface area contributed by atoms with Crippen LogP contribution in [0.1, 0.15) is 30.3 Å². The molecule has 0 aliphatic carbocycles. The fraction of sp³-hybridized carbons (Fsp3) is 0.227. The Balaban J connectivity index is 1.69. The maximum atomic E-state index is 4.92. The molecule has 1 aliphatic heterocycles. The van der Waals surface area contributed by atoms with Crippen LogP contribution in [0.5, 0.6) is 0 Å². The second-order valence-corrected chi connectivity index (χ2v) is 7.79. The molecule has 0 saturated carbocycles. The van der Waals surface area contributed by atoms with Gasteiger partial charge in [0, 0.05) is 29.9 Å². The molecule has 0 bridgehead atoms. The van der Waals surface area contributed by atoms with Crippen molar-refractivity contribution < 1.29 is 0 Å². The lowest BCUT2D eigenvalue weighted by Gasteiger charge is -2.27. The van der Waals surface area contributed by atoms with Crippen LogP contribution in [-0.4, -0.2) is 21.5 Å². The quantitative estimate of drug-likeness (QED) is 0.483. The Morgan fingerprint density at radius 1 is 1.07 bits per heavy atom. The maximum Gasteiger partial charge on any atom is 0.142 e. The van der Waals surface area contributed by atoms with Crippen molar-refractivity contribution >= 4 is 27.4 Å². The number of aryl methyl sites for hydroxylation is 1. The zero-order valence-corrected chi connectivity index (χ0v) is 16.0. The first-order chi connectivity index (χ1) is 13.3. The van der Waals surface area contributed by atoms with Gasteiger partial charge in [0.2, 0.25) is 0 Å². The third-order valence-corrected chi connectivity index (χ3v) is 6.08. The number of nitrogens with zero attached hydrogens (tertiary/aromatic N) is 4. The smallest absolute Gasteiger partial charge is 0.142 e. The zero-order valence-electron chi connectivity index (χ0n) is 15.2. The van der Waals surface area contributed by atoms with Gasteiger partial charge in [-0.2, -0.15) is 0 Å². The van der Waals surface area contributed by atoms with E-state index in [-0.39, 0.29) is 0 Å². The molecule has 1 atom stereocenters. The van der Waals surface area contributed by atoms with Crippen LogP contribution in [0.3, 0.4) is 0 Å². The molecule has 1 aromatic carbocycles. The largest absolute Gasteiger partial charge is 0.349 e. The van der Waals surface area contributed by atoms with E-state index in [4.69, 9.17) is 9.97 Å². The van der Waals surface area contributed by atoms with Gasteiger partial charge in [0.25, 0.3) is 0 Å². The van der Waals surface area contributed by atoms with Gasteiger partial charge in [-0.1, -0.05) is 36.4 Å². The molecule has 1 saturated heterocycles. The third kappa shape index (κ3) is 2.88. The van der Waals surface area contributed by atoms with Crippen molar-refractivity contribution in [3.63, 3.8) is 0 Å². The predicted molar refractivity (Wildman–Crippen MR) is 111 cm³/mol. The predicted octanol–water partition coefficient (Wildman–Crippen LogP) is 5.40. The number of fused-ring (bicyclic) bond motifs is 1. The summed E-state index contributed by atoms with van der Waals surface area (Å²) in [6, 6.07) is 15.1. The molecule has 27 heavy (non-hydrogen) atoms. The minimum Gasteiger partial charge on any atom is -0.349 e. The molecule has 0 spiro atoms. The Morgan fingerprint density at radius 3 is 2.78 bits per heavy atom. The van der Waals surface area contributed by atoms with Gasteiger partial charge in [-0.15, -0.1) is 11.3 Å². The van der Waals surface area contributed by atoms with Crippen LogP contribution in [0.2, 0.25) is 0 Å². The van der Waals surface area contributed by atoms with E-state index in [0.717, 1.165) is 35.9 Å². The summed E-state index contributed by atoms with van der Waals surface area (Å²) in [4.78, 5) is 17.5. The molecule has 0 amide bonds. The van der Waals surface area contributed by atoms with Gasteiger partial charge >= 0.3 is 0 Å². The number of pyridine rings is 1. The van der Waals surface area contributed by atoms with Gasteiger partial charge < -0.3 is 4.90 Å². The highest BCUT2D eigenvalue weighted by Gasteiger charge is 2.30. The molecule has 0 radical (unpaired) electrons. The van der Waals surface area contributed by atoms with Crippen molar-refractivity contribution in [2.24, 2.45) is 0 Å². The lowest BCUT2D eigenvalue weighted by Crippen LogP contribution is -2.24. The van der Waals surface area contributed by atoms with E-state index in [1.807, 2.05) is 25.4 Å². The van der Waals surface area contributed by atoms with Crippen LogP contribution < -0.4 is 4.90 Å². The highest BCUT2D eigenvalue weighted by atomic mass is 32.1. The highest BCUT2D eigenvalue weighted by molar-refractivity contribution is 7.17. The maximum absolute atomic E-state index is 4.92. The number of benzene rings is 1. The lowest BCUT2D eigenvalue weighted by molar-refractivity contribution is 0.708. The first-order valence-corrected chi connectivity index (χ1v) is 10.2. The Morgan fingerprint density at radius 2 is 1.96 bits per heavy atom. The van der Waals surface area contributed by atoms with Crippen LogP contribution in [-0.2, 0) is 0 Å². The SMILES string of the molecule is Cc1nc(N2CCCC2c2cccnc2)c2c(-c3ccccc3)csc2n1. The summed E-state index contributed by atoms with van der Waals surface area (Å²) in [5, 5.41) is 3.39. The van der Waals surface area contributed by atoms with E-state index in [1.54, 1.807) is 11.3 Å². The van der Waals surface area contributed by atoms with E-state index in [2.05, 4.69) is 51.7 Å². The lowest BCUT2D eigenvalue weighted by atomic mass is 10.0. The van der Waals surface area contributed by atoms with E-state index in [0.29, 0.717) is 6.04 Å². The van der Waals surface area contributed by atoms with Crippen LogP contribution >= 0.6 is 11.3 Å². The molecule has 134 valence electrons. The molecular weight excluding hydrogens is 352 g/mol. The molecular formula is C22H20N4S. The molecule has 4 nitrogen and oxygen atoms in total. The normalized spacial score (nSPS) is 16.9. The number of rotatable bonds is 3. The number of hydrogen-bond donors (Lipinski definition) is 0. The van der Waals surface area contributed by atoms with Gasteiger partial charge in [-0.3, -0.25) is 4.98 Å². The summed E-state index contributed by atoms with van der Waals surface area (Å²) in [6.07, 6.45) is 6.11. The van der Waals surface area contributed by atoms with E-state index < -0.39 is 0 Å². The molecule has 4 heterocycles. The first kappa shape index (κ1) is 16.4. The number of aromatic nitrogens is 3. The van der Waals surface area contributed by atoms with Crippen LogP contribution in [0.4, 0.5) is 5.82 Å². The molecule has 1 fully saturated rings. The summed E-state index contributed by atoms with van der Waals surface area (Å²) in [6.45, 7) is 3.00. The zero-order chi connectivity index (χ0) is 18.2. The van der Waals surface area contributed by atoms with Crippen molar-refractivity contribution in [2.75, 3.05) is 11.4 Å². The second kappa shape index (κ2) is 6.74. The minimum absolute atomic E-state index is 0.319. The molecule has 3 aromatic heterocycles. The highest BCUT2D eigenvalue weighted by Crippen LogP contribution is 2.43. The van der Waals surface area contributed by atoms with Gasteiger partial charge in [0.15, 0.2) is 0 Å². The Labute approximate surface area is 162 Å². The Kier molecular flexibility index (Phi) is 4.09. The third-order valence-electron chi connectivity index (χ3n) is 5.21. The Bertz CT molecular complexity index is 1080. The van der Waals surface area contributed by atoms with Crippen molar-refractivity contribution in [1.82, 2.24) is 15.0 Å². The van der Waals surface area contributed by atoms with Crippen molar-refractivity contribution in [1.29, 1.82) is 0 Å². The fourth-order valence-electron chi connectivity index (χ4n) is 4.01. The molecule has 4 aromatic rings. The van der Waals surface area contributed by atoms with E-state index >= 15 is 0 Å². The van der Waals surface area contributed by atoms with Crippen LogP contribution in [0, 0.1) is 6.92 Å². The fourth-order valence-corrected chi connectivity index (χ4v) is 4.99. The number of hydrogen-bond acceptors (Lipinski definition) is 5. The number of thiophene rings is 1. The topological polar surface area (TPSA) is 41.9 Å². The van der Waals surface area contributed by atoms with Gasteiger partial charge in [0.1, 0.15) is 16.5 Å². The average Bonchev–Trinajstić information content (AvgIpc) is 3.36. The van der Waals surface area contributed by atoms with Gasteiger partial charge in [0.05, 0.1) is 11.4 Å². The summed E-state index contributed by atoms with van der Waals surface area (Å²) in [5.41, 5.74) is 3.70. The minimum atomic E-state index is 0.319. The van der Waals surface area contributed by atoms with Crippen molar-refractivity contribution in [3.8, 4) is 11.1 Å². The van der Waals surface area contributed by atoms with Gasteiger partial charge in [-0.05, 0) is 37.0 Å². The average molecular weight is 372 g/mol. The molecule has 0 N–H and O–H groups in total. The summed E-state index contributed by atoms with van der Waals surface area (Å²) < 4.78 is 0. The monoisotopic (exact) mass is 372 g/mol. The van der Waals surface area contributed by atoms with Crippen LogP contribution in [0.15, 0.2) is 60.2 Å².